The Morgan fingerprint density at radius 2 is 1.85 bits per heavy atom. The monoisotopic (exact) mass is 358 g/mol. The summed E-state index contributed by atoms with van der Waals surface area (Å²) in [5.41, 5.74) is 10.0. The van der Waals surface area contributed by atoms with Crippen molar-refractivity contribution in [2.24, 2.45) is 0 Å². The molecule has 0 unspecified atom stereocenters. The Morgan fingerprint density at radius 3 is 2.63 bits per heavy atom. The van der Waals surface area contributed by atoms with Crippen LogP contribution in [0.5, 0.6) is 5.75 Å². The zero-order valence-corrected chi connectivity index (χ0v) is 14.7. The lowest BCUT2D eigenvalue weighted by atomic mass is 10.2. The van der Waals surface area contributed by atoms with Crippen molar-refractivity contribution in [3.63, 3.8) is 0 Å². The lowest BCUT2D eigenvalue weighted by Gasteiger charge is -2.05. The van der Waals surface area contributed by atoms with Crippen molar-refractivity contribution in [1.29, 1.82) is 0 Å². The van der Waals surface area contributed by atoms with E-state index >= 15 is 0 Å². The molecule has 1 amide bonds. The standard InChI is InChI=1S/C21H18N4O2/c1-27-19-5-3-2-4-16(19)20-24-17-11-10-15(12-18(17)25-20)23-21(26)13-6-8-14(22)9-7-13/h2-12H,22H2,1H3,(H,23,26)(H,24,25). The molecule has 6 nitrogen and oxygen atoms in total. The first-order chi connectivity index (χ1) is 13.1. The van der Waals surface area contributed by atoms with Gasteiger partial charge in [-0.1, -0.05) is 12.1 Å². The van der Waals surface area contributed by atoms with Crippen LogP contribution in [0.25, 0.3) is 22.4 Å². The average Bonchev–Trinajstić information content (AvgIpc) is 3.11. The summed E-state index contributed by atoms with van der Waals surface area (Å²) < 4.78 is 5.40. The number of rotatable bonds is 4. The second-order valence-corrected chi connectivity index (χ2v) is 6.09. The maximum atomic E-state index is 12.4. The van der Waals surface area contributed by atoms with Gasteiger partial charge in [-0.3, -0.25) is 4.79 Å². The molecule has 27 heavy (non-hydrogen) atoms. The quantitative estimate of drug-likeness (QED) is 0.479. The van der Waals surface area contributed by atoms with Crippen molar-refractivity contribution in [2.45, 2.75) is 0 Å². The van der Waals surface area contributed by atoms with E-state index in [2.05, 4.69) is 15.3 Å². The molecule has 1 heterocycles. The Bertz CT molecular complexity index is 1120. The molecule has 4 aromatic rings. The lowest BCUT2D eigenvalue weighted by Crippen LogP contribution is -2.11. The van der Waals surface area contributed by atoms with Crippen LogP contribution >= 0.6 is 0 Å². The number of methoxy groups -OCH3 is 1. The minimum Gasteiger partial charge on any atom is -0.496 e. The number of imidazole rings is 1. The Morgan fingerprint density at radius 1 is 1.07 bits per heavy atom. The molecule has 6 heteroatoms. The van der Waals surface area contributed by atoms with Gasteiger partial charge in [0.15, 0.2) is 0 Å². The number of fused-ring (bicyclic) bond motifs is 1. The number of nitrogen functional groups attached to an aromatic ring is 1. The molecule has 0 saturated carbocycles. The van der Waals surface area contributed by atoms with Gasteiger partial charge < -0.3 is 20.8 Å². The van der Waals surface area contributed by atoms with Crippen molar-refractivity contribution in [1.82, 2.24) is 9.97 Å². The second-order valence-electron chi connectivity index (χ2n) is 6.09. The van der Waals surface area contributed by atoms with E-state index in [4.69, 9.17) is 10.5 Å². The number of carbonyl (C=O) groups is 1. The molecule has 3 aromatic carbocycles. The number of nitrogens with zero attached hydrogens (tertiary/aromatic N) is 1. The van der Waals surface area contributed by atoms with Gasteiger partial charge in [0, 0.05) is 16.9 Å². The van der Waals surface area contributed by atoms with Crippen LogP contribution in [0.3, 0.4) is 0 Å². The number of amides is 1. The van der Waals surface area contributed by atoms with Gasteiger partial charge in [-0.05, 0) is 54.6 Å². The van der Waals surface area contributed by atoms with Crippen LogP contribution in [0.2, 0.25) is 0 Å². The first-order valence-electron chi connectivity index (χ1n) is 8.44. The summed E-state index contributed by atoms with van der Waals surface area (Å²) in [5, 5.41) is 2.89. The Hall–Kier alpha value is -3.80. The normalized spacial score (nSPS) is 10.7. The third-order valence-corrected chi connectivity index (χ3v) is 4.27. The highest BCUT2D eigenvalue weighted by Crippen LogP contribution is 2.29. The summed E-state index contributed by atoms with van der Waals surface area (Å²) >= 11 is 0. The molecule has 4 N–H and O–H groups in total. The minimum atomic E-state index is -0.196. The number of carbonyl (C=O) groups excluding carboxylic acids is 1. The number of hydrogen-bond acceptors (Lipinski definition) is 4. The molecule has 0 fully saturated rings. The molecule has 0 spiro atoms. The van der Waals surface area contributed by atoms with Crippen molar-refractivity contribution in [2.75, 3.05) is 18.2 Å². The number of nitrogens with two attached hydrogens (primary N) is 1. The second kappa shape index (κ2) is 6.84. The van der Waals surface area contributed by atoms with Gasteiger partial charge in [0.1, 0.15) is 11.6 Å². The number of aromatic amines is 1. The third-order valence-electron chi connectivity index (χ3n) is 4.27. The SMILES string of the molecule is COc1ccccc1-c1nc2ccc(NC(=O)c3ccc(N)cc3)cc2[nH]1. The van der Waals surface area contributed by atoms with E-state index in [1.807, 2.05) is 42.5 Å². The van der Waals surface area contributed by atoms with Gasteiger partial charge in [-0.2, -0.15) is 0 Å². The lowest BCUT2D eigenvalue weighted by molar-refractivity contribution is 0.102. The third kappa shape index (κ3) is 3.32. The van der Waals surface area contributed by atoms with Gasteiger partial charge in [0.05, 0.1) is 23.7 Å². The number of H-pyrrole nitrogens is 1. The minimum absolute atomic E-state index is 0.196. The predicted octanol–water partition coefficient (Wildman–Crippen LogP) is 4.07. The van der Waals surface area contributed by atoms with Crippen LogP contribution in [0.4, 0.5) is 11.4 Å². The first-order valence-corrected chi connectivity index (χ1v) is 8.44. The van der Waals surface area contributed by atoms with Crippen molar-refractivity contribution >= 4 is 28.3 Å². The number of aromatic nitrogens is 2. The molecule has 0 saturated heterocycles. The van der Waals surface area contributed by atoms with Gasteiger partial charge in [-0.25, -0.2) is 4.98 Å². The first kappa shape index (κ1) is 16.7. The summed E-state index contributed by atoms with van der Waals surface area (Å²) in [4.78, 5) is 20.3. The molecule has 1 aromatic heterocycles. The zero-order valence-electron chi connectivity index (χ0n) is 14.7. The summed E-state index contributed by atoms with van der Waals surface area (Å²) in [6.07, 6.45) is 0. The van der Waals surface area contributed by atoms with Gasteiger partial charge in [-0.15, -0.1) is 0 Å². The molecular formula is C21H18N4O2. The Kier molecular flexibility index (Phi) is 4.22. The van der Waals surface area contributed by atoms with Crippen molar-refractivity contribution in [3.8, 4) is 17.1 Å². The summed E-state index contributed by atoms with van der Waals surface area (Å²) in [7, 11) is 1.63. The zero-order chi connectivity index (χ0) is 18.8. The molecule has 0 aliphatic rings. The number of ether oxygens (including phenoxy) is 1. The molecule has 0 aliphatic heterocycles. The van der Waals surface area contributed by atoms with E-state index < -0.39 is 0 Å². The van der Waals surface area contributed by atoms with Crippen LogP contribution in [0, 0.1) is 0 Å². The topological polar surface area (TPSA) is 93.0 Å². The van der Waals surface area contributed by atoms with Crippen molar-refractivity contribution in [3.05, 3.63) is 72.3 Å². The van der Waals surface area contributed by atoms with E-state index in [0.29, 0.717) is 22.8 Å². The number of nitrogens with one attached hydrogen (secondary N) is 2. The number of benzene rings is 3. The van der Waals surface area contributed by atoms with E-state index in [-0.39, 0.29) is 5.91 Å². The highest BCUT2D eigenvalue weighted by Gasteiger charge is 2.11. The van der Waals surface area contributed by atoms with Crippen LogP contribution < -0.4 is 15.8 Å². The molecule has 0 radical (unpaired) electrons. The smallest absolute Gasteiger partial charge is 0.255 e. The number of hydrogen-bond donors (Lipinski definition) is 3. The van der Waals surface area contributed by atoms with Gasteiger partial charge in [0.25, 0.3) is 5.91 Å². The van der Waals surface area contributed by atoms with E-state index in [0.717, 1.165) is 22.3 Å². The van der Waals surface area contributed by atoms with E-state index in [1.165, 1.54) is 0 Å². The van der Waals surface area contributed by atoms with Crippen LogP contribution in [0.1, 0.15) is 10.4 Å². The maximum Gasteiger partial charge on any atom is 0.255 e. The van der Waals surface area contributed by atoms with Gasteiger partial charge >= 0.3 is 0 Å². The highest BCUT2D eigenvalue weighted by molar-refractivity contribution is 6.05. The fraction of sp³-hybridized carbons (Fsp3) is 0.0476. The predicted molar refractivity (Wildman–Crippen MR) is 107 cm³/mol. The van der Waals surface area contributed by atoms with E-state index in [9.17, 15) is 4.79 Å². The Balaban J connectivity index is 1.63. The average molecular weight is 358 g/mol. The number of para-hydroxylation sites is 1. The number of anilines is 2. The molecule has 0 atom stereocenters. The maximum absolute atomic E-state index is 12.4. The highest BCUT2D eigenvalue weighted by atomic mass is 16.5. The van der Waals surface area contributed by atoms with Crippen LogP contribution in [-0.2, 0) is 0 Å². The van der Waals surface area contributed by atoms with E-state index in [1.54, 1.807) is 31.4 Å². The van der Waals surface area contributed by atoms with Gasteiger partial charge in [0.2, 0.25) is 0 Å². The molecular weight excluding hydrogens is 340 g/mol. The fourth-order valence-corrected chi connectivity index (χ4v) is 2.89. The Labute approximate surface area is 156 Å². The van der Waals surface area contributed by atoms with Crippen LogP contribution in [-0.4, -0.2) is 23.0 Å². The summed E-state index contributed by atoms with van der Waals surface area (Å²) in [6.45, 7) is 0. The van der Waals surface area contributed by atoms with Crippen LogP contribution in [0.15, 0.2) is 66.7 Å². The molecule has 4 rings (SSSR count). The van der Waals surface area contributed by atoms with Crippen molar-refractivity contribution < 1.29 is 9.53 Å². The molecule has 134 valence electrons. The summed E-state index contributed by atoms with van der Waals surface area (Å²) in [6, 6.07) is 20.0. The molecule has 0 bridgehead atoms. The summed E-state index contributed by atoms with van der Waals surface area (Å²) in [5.74, 6) is 1.26. The fourth-order valence-electron chi connectivity index (χ4n) is 2.89. The molecule has 0 aliphatic carbocycles. The largest absolute Gasteiger partial charge is 0.496 e.